The number of nitrogens with zero attached hydrogens (tertiary/aromatic N) is 3. The maximum atomic E-state index is 14.0. The summed E-state index contributed by atoms with van der Waals surface area (Å²) < 4.78 is 0. The van der Waals surface area contributed by atoms with E-state index < -0.39 is 174 Å². The van der Waals surface area contributed by atoms with E-state index in [0.29, 0.717) is 11.4 Å². The number of fused-ring (bicyclic) bond motifs is 1. The summed E-state index contributed by atoms with van der Waals surface area (Å²) in [5.41, 5.74) is 57.9. The van der Waals surface area contributed by atoms with Crippen molar-refractivity contribution in [1.29, 1.82) is 0 Å². The molecule has 0 unspecified atom stereocenters. The molecule has 7 amide bonds. The van der Waals surface area contributed by atoms with E-state index in [-0.39, 0.29) is 171 Å². The average Bonchev–Trinajstić information content (AvgIpc) is 0.816. The van der Waals surface area contributed by atoms with Crippen molar-refractivity contribution < 1.29 is 72.2 Å². The van der Waals surface area contributed by atoms with E-state index in [1.54, 1.807) is 12.1 Å². The molecule has 100 heavy (non-hydrogen) atoms. The Labute approximate surface area is 576 Å². The average molecular weight is 1410 g/mol. The topological polar surface area (TPSA) is 675 Å². The van der Waals surface area contributed by atoms with Gasteiger partial charge in [0.1, 0.15) is 11.8 Å². The first-order valence-electron chi connectivity index (χ1n) is 33.1. The summed E-state index contributed by atoms with van der Waals surface area (Å²) in [4.78, 5) is 211. The van der Waals surface area contributed by atoms with Crippen molar-refractivity contribution in [2.45, 2.75) is 152 Å². The van der Waals surface area contributed by atoms with Crippen LogP contribution in [0.4, 0.5) is 11.6 Å². The number of carboxylic acid groups (broad SMARTS) is 1. The molecule has 2 heterocycles. The molecule has 0 saturated carbocycles. The standard InChI is InChI=1S/C63H99N21O16/c64-19-11-35(55(72)93)27-48(87)44(16-24-69)79-59(96)37(13-21-66)29-50(89)46(18-26-71)81-60(97)38(14-22-67)30-51(90)45(17-25-70)80-58(95)36(12-20-65)28-49(88)43(15-23-68)78-53(92)10-7-42(86)33-75-52(91)9-6-41(85)5-8-47(62(99)100)82-57(94)34-1-3-39(4-2-34)74-31-40-32-76-56-54(77-40)61(98)84-63(73)83-56/h1-4,32,35-38,43-47,74H,5-31,33,64-71H2,(H2,72,93)(H,75,91)(H,78,92)(H,79,96)(H,80,95)(H,81,97)(H,82,94)(H,99,100)(H3,73,76,83,84,98)/t35-,36-,37-,38-,43+,44+,45+,46+,47+/m1/s1. The number of ketones is 6. The van der Waals surface area contributed by atoms with Gasteiger partial charge in [0.25, 0.3) is 11.5 Å². The summed E-state index contributed by atoms with van der Waals surface area (Å²) in [6, 6.07) is -0.361. The van der Waals surface area contributed by atoms with Crippen LogP contribution in [0.2, 0.25) is 0 Å². The van der Waals surface area contributed by atoms with Crippen molar-refractivity contribution in [3.63, 3.8) is 0 Å². The fraction of sp³-hybridized carbons (Fsp3) is 0.587. The smallest absolute Gasteiger partial charge is 0.326 e. The normalized spacial score (nSPS) is 13.9. The Kier molecular flexibility index (Phi) is 38.3. The molecule has 0 aliphatic carbocycles. The molecule has 37 heteroatoms. The Balaban J connectivity index is 1.50. The van der Waals surface area contributed by atoms with Crippen LogP contribution >= 0.6 is 0 Å². The number of benzene rings is 1. The SMILES string of the molecule is NCC[C@H](CC(=O)[C@H](CCN)NC(=O)[C@H](CCN)CC(=O)[C@H](CCN)NC(=O)[C@H](CCN)CC(=O)[C@H](CCN)NC(=O)[C@H](CCN)CC(=O)[C@H](CCN)NC(=O)CCC(=O)CNC(=O)CCC(=O)CC[C@H](NC(=O)c1ccc(NCc2cnc3nc(N)[nH]c(=O)c3n2)cc1)C(=O)O)C(N)=O. The predicted molar refractivity (Wildman–Crippen MR) is 364 cm³/mol. The third-order valence-corrected chi connectivity index (χ3v) is 16.2. The second-order valence-electron chi connectivity index (χ2n) is 24.0. The molecule has 3 rings (SSSR count). The van der Waals surface area contributed by atoms with Crippen molar-refractivity contribution in [2.75, 3.05) is 70.0 Å². The maximum Gasteiger partial charge on any atom is 0.326 e. The van der Waals surface area contributed by atoms with E-state index >= 15 is 0 Å². The number of amides is 7. The molecule has 552 valence electrons. The zero-order valence-corrected chi connectivity index (χ0v) is 56.1. The first-order chi connectivity index (χ1) is 47.6. The third kappa shape index (κ3) is 29.9. The zero-order valence-electron chi connectivity index (χ0n) is 56.1. The first-order valence-corrected chi connectivity index (χ1v) is 33.1. The van der Waals surface area contributed by atoms with E-state index in [0.717, 1.165) is 0 Å². The molecule has 0 fully saturated rings. The number of carboxylic acids is 1. The van der Waals surface area contributed by atoms with Crippen LogP contribution < -0.4 is 100 Å². The van der Waals surface area contributed by atoms with Crippen LogP contribution in [0.15, 0.2) is 35.3 Å². The van der Waals surface area contributed by atoms with Gasteiger partial charge < -0.3 is 99.7 Å². The minimum absolute atomic E-state index is 0.00493. The number of hydrogen-bond acceptors (Lipinski definition) is 28. The number of rotatable bonds is 53. The summed E-state index contributed by atoms with van der Waals surface area (Å²) in [5.74, 6) is -14.4. The van der Waals surface area contributed by atoms with Crippen molar-refractivity contribution >= 4 is 105 Å². The molecule has 37 nitrogen and oxygen atoms in total. The maximum absolute atomic E-state index is 14.0. The van der Waals surface area contributed by atoms with Crippen LogP contribution in [0.3, 0.4) is 0 Å². The summed E-state index contributed by atoms with van der Waals surface area (Å²) in [6.45, 7) is -0.817. The number of aromatic nitrogens is 4. The van der Waals surface area contributed by atoms with Gasteiger partial charge in [0, 0.05) is 92.7 Å². The Morgan fingerprint density at radius 3 is 1.33 bits per heavy atom. The minimum Gasteiger partial charge on any atom is -0.480 e. The van der Waals surface area contributed by atoms with Crippen molar-refractivity contribution in [3.05, 3.63) is 52.1 Å². The molecule has 0 saturated heterocycles. The van der Waals surface area contributed by atoms with Gasteiger partial charge in [-0.1, -0.05) is 0 Å². The molecule has 1 aromatic carbocycles. The molecule has 0 bridgehead atoms. The van der Waals surface area contributed by atoms with Crippen molar-refractivity contribution in [3.8, 4) is 0 Å². The molecule has 0 radical (unpaired) electrons. The number of aromatic amines is 1. The van der Waals surface area contributed by atoms with Gasteiger partial charge in [0.15, 0.2) is 40.1 Å². The van der Waals surface area contributed by atoms with Crippen molar-refractivity contribution in [2.24, 2.45) is 75.3 Å². The number of hydrogen-bond donors (Lipinski definition) is 19. The number of carbonyl (C=O) groups is 14. The lowest BCUT2D eigenvalue weighted by atomic mass is 9.90. The summed E-state index contributed by atoms with van der Waals surface area (Å²) in [5, 5.41) is 28.0. The Morgan fingerprint density at radius 1 is 0.470 bits per heavy atom. The number of H-pyrrole nitrogens is 1. The number of anilines is 2. The largest absolute Gasteiger partial charge is 0.480 e. The second kappa shape index (κ2) is 45.2. The Hall–Kier alpha value is -9.50. The molecule has 2 aromatic heterocycles. The van der Waals surface area contributed by atoms with Gasteiger partial charge in [-0.05, 0) is 134 Å². The lowest BCUT2D eigenvalue weighted by Gasteiger charge is -2.26. The van der Waals surface area contributed by atoms with Crippen LogP contribution in [-0.2, 0) is 68.9 Å². The van der Waals surface area contributed by atoms with Gasteiger partial charge in [-0.15, -0.1) is 0 Å². The second-order valence-corrected chi connectivity index (χ2v) is 24.0. The zero-order chi connectivity index (χ0) is 74.4. The van der Waals surface area contributed by atoms with Crippen LogP contribution in [0.5, 0.6) is 0 Å². The van der Waals surface area contributed by atoms with E-state index in [2.05, 4.69) is 57.2 Å². The lowest BCUT2D eigenvalue weighted by molar-refractivity contribution is -0.139. The summed E-state index contributed by atoms with van der Waals surface area (Å²) in [7, 11) is 0. The van der Waals surface area contributed by atoms with Gasteiger partial charge in [0.05, 0.1) is 49.1 Å². The van der Waals surface area contributed by atoms with Gasteiger partial charge in [0.2, 0.25) is 41.4 Å². The molecule has 0 aliphatic rings. The predicted octanol–water partition coefficient (Wildman–Crippen LogP) is -5.80. The number of Topliss-reactive ketones (excluding diaryl/α,β-unsaturated/α-hetero) is 6. The fourth-order valence-corrected chi connectivity index (χ4v) is 10.5. The fourth-order valence-electron chi connectivity index (χ4n) is 10.5. The molecular formula is C63H99N21O16. The quantitative estimate of drug-likeness (QED) is 0.0250. The summed E-state index contributed by atoms with van der Waals surface area (Å²) in [6.07, 6.45) is -2.66. The molecule has 9 atom stereocenters. The van der Waals surface area contributed by atoms with Crippen LogP contribution in [0, 0.1) is 23.7 Å². The van der Waals surface area contributed by atoms with Gasteiger partial charge in [-0.3, -0.25) is 72.1 Å². The lowest BCUT2D eigenvalue weighted by Crippen LogP contribution is -2.50. The van der Waals surface area contributed by atoms with Crippen LogP contribution in [0.25, 0.3) is 11.2 Å². The molecule has 29 N–H and O–H groups in total. The molecule has 0 spiro atoms. The van der Waals surface area contributed by atoms with E-state index in [9.17, 15) is 77.0 Å². The monoisotopic (exact) mass is 1410 g/mol. The van der Waals surface area contributed by atoms with Crippen LogP contribution in [-0.4, -0.2) is 196 Å². The highest BCUT2D eigenvalue weighted by Gasteiger charge is 2.35. The summed E-state index contributed by atoms with van der Waals surface area (Å²) >= 11 is 0. The van der Waals surface area contributed by atoms with E-state index in [1.165, 1.54) is 18.3 Å². The van der Waals surface area contributed by atoms with E-state index in [4.69, 9.17) is 57.3 Å². The molecular weight excluding hydrogens is 1310 g/mol. The highest BCUT2D eigenvalue weighted by atomic mass is 16.4. The Bertz CT molecular complexity index is 3360. The highest BCUT2D eigenvalue weighted by molar-refractivity contribution is 5.99. The van der Waals surface area contributed by atoms with Gasteiger partial charge in [-0.2, -0.15) is 4.98 Å². The third-order valence-electron chi connectivity index (χ3n) is 16.2. The number of nitrogen functional groups attached to an aromatic ring is 1. The highest BCUT2D eigenvalue weighted by Crippen LogP contribution is 2.20. The van der Waals surface area contributed by atoms with E-state index in [1.807, 2.05) is 0 Å². The molecule has 3 aromatic rings. The Morgan fingerprint density at radius 2 is 0.890 bits per heavy atom. The number of nitrogens with two attached hydrogens (primary N) is 10. The van der Waals surface area contributed by atoms with Crippen molar-refractivity contribution in [1.82, 2.24) is 51.8 Å². The first kappa shape index (κ1) is 84.7. The number of aliphatic carboxylic acids is 1. The number of primary amides is 1. The van der Waals surface area contributed by atoms with Gasteiger partial charge >= 0.3 is 5.97 Å². The number of nitrogens with one attached hydrogen (secondary N) is 8. The molecule has 0 aliphatic heterocycles. The van der Waals surface area contributed by atoms with Crippen LogP contribution in [0.1, 0.15) is 132 Å². The number of carbonyl (C=O) groups excluding carboxylic acids is 13. The minimum atomic E-state index is -1.46. The van der Waals surface area contributed by atoms with Gasteiger partial charge in [-0.25, -0.2) is 14.8 Å².